The van der Waals surface area contributed by atoms with Crippen LogP contribution < -0.4 is 5.32 Å². The summed E-state index contributed by atoms with van der Waals surface area (Å²) in [5.74, 6) is -1.31. The number of nitrogens with zero attached hydrogens (tertiary/aromatic N) is 3. The summed E-state index contributed by atoms with van der Waals surface area (Å²) in [6, 6.07) is 5.71. The van der Waals surface area contributed by atoms with Crippen LogP contribution in [0.5, 0.6) is 0 Å². The van der Waals surface area contributed by atoms with Crippen LogP contribution in [0.4, 0.5) is 20.2 Å². The first-order valence-electron chi connectivity index (χ1n) is 10.1. The number of anilines is 2. The van der Waals surface area contributed by atoms with Crippen LogP contribution in [-0.4, -0.2) is 34.0 Å². The summed E-state index contributed by atoms with van der Waals surface area (Å²) in [7, 11) is 0. The van der Waals surface area contributed by atoms with E-state index in [2.05, 4.69) is 34.0 Å². The third-order valence-corrected chi connectivity index (χ3v) is 7.09. The van der Waals surface area contributed by atoms with Gasteiger partial charge in [-0.3, -0.25) is 0 Å². The molecule has 4 heterocycles. The van der Waals surface area contributed by atoms with Crippen molar-refractivity contribution in [2.24, 2.45) is 0 Å². The first-order chi connectivity index (χ1) is 14.6. The Morgan fingerprint density at radius 1 is 1.20 bits per heavy atom. The van der Waals surface area contributed by atoms with Crippen LogP contribution in [0, 0.1) is 11.6 Å². The van der Waals surface area contributed by atoms with Crippen LogP contribution in [0.3, 0.4) is 0 Å². The summed E-state index contributed by atoms with van der Waals surface area (Å²) in [6.45, 7) is 7.16. The van der Waals surface area contributed by atoms with Crippen molar-refractivity contribution in [2.75, 3.05) is 18.4 Å². The van der Waals surface area contributed by atoms with Gasteiger partial charge in [0.15, 0.2) is 11.6 Å². The Kier molecular flexibility index (Phi) is 6.55. The topological polar surface area (TPSA) is 41.1 Å². The lowest BCUT2D eigenvalue weighted by atomic mass is 10.0. The van der Waals surface area contributed by atoms with E-state index >= 15 is 0 Å². The molecule has 1 unspecified atom stereocenters. The molecule has 4 aromatic rings. The number of likely N-dealkylation sites (tertiary alicyclic amines) is 1. The lowest BCUT2D eigenvalue weighted by Crippen LogP contribution is -2.36. The largest absolute Gasteiger partial charge is 0.350 e. The van der Waals surface area contributed by atoms with Gasteiger partial charge < -0.3 is 10.2 Å². The molecule has 0 aliphatic carbocycles. The van der Waals surface area contributed by atoms with Gasteiger partial charge in [-0.1, -0.05) is 13.3 Å². The fourth-order valence-electron chi connectivity index (χ4n) is 3.79. The van der Waals surface area contributed by atoms with Gasteiger partial charge in [0.1, 0.15) is 16.0 Å². The summed E-state index contributed by atoms with van der Waals surface area (Å²) < 4.78 is 29.0. The van der Waals surface area contributed by atoms with Crippen LogP contribution >= 0.6 is 22.7 Å². The van der Waals surface area contributed by atoms with Crippen LogP contribution in [0.2, 0.25) is 0 Å². The highest BCUT2D eigenvalue weighted by atomic mass is 32.1. The molecule has 5 rings (SSSR count). The zero-order chi connectivity index (χ0) is 21.1. The predicted molar refractivity (Wildman–Crippen MR) is 123 cm³/mol. The minimum Gasteiger partial charge on any atom is -0.350 e. The molecule has 3 aromatic heterocycles. The number of hydrogen-bond donors (Lipinski definition) is 1. The molecule has 1 aliphatic heterocycles. The van der Waals surface area contributed by atoms with E-state index in [1.165, 1.54) is 66.6 Å². The molecule has 1 saturated heterocycles. The van der Waals surface area contributed by atoms with Crippen molar-refractivity contribution in [3.8, 4) is 0 Å². The van der Waals surface area contributed by atoms with Gasteiger partial charge in [0.25, 0.3) is 0 Å². The second kappa shape index (κ2) is 9.32. The van der Waals surface area contributed by atoms with E-state index in [0.29, 0.717) is 10.4 Å². The molecule has 158 valence electrons. The number of benzene rings is 1. The first kappa shape index (κ1) is 21.1. The number of thiophene rings is 1. The van der Waals surface area contributed by atoms with Crippen LogP contribution in [0.1, 0.15) is 33.1 Å². The van der Waals surface area contributed by atoms with Crippen LogP contribution in [0.25, 0.3) is 20.4 Å². The van der Waals surface area contributed by atoms with Crippen molar-refractivity contribution in [1.29, 1.82) is 0 Å². The normalized spacial score (nSPS) is 17.1. The Morgan fingerprint density at radius 3 is 2.83 bits per heavy atom. The maximum Gasteiger partial charge on any atom is 0.176 e. The number of thiazole rings is 1. The molecule has 0 saturated carbocycles. The fraction of sp³-hybridized carbons (Fsp3) is 0.364. The second-order valence-corrected chi connectivity index (χ2v) is 9.12. The lowest BCUT2D eigenvalue weighted by Gasteiger charge is -2.31. The summed E-state index contributed by atoms with van der Waals surface area (Å²) in [6.07, 6.45) is 5.88. The zero-order valence-electron chi connectivity index (χ0n) is 17.0. The average molecular weight is 447 g/mol. The van der Waals surface area contributed by atoms with E-state index in [1.807, 2.05) is 11.4 Å². The maximum absolute atomic E-state index is 14.4. The fourth-order valence-corrected chi connectivity index (χ4v) is 5.25. The second-order valence-electron chi connectivity index (χ2n) is 7.34. The van der Waals surface area contributed by atoms with Gasteiger partial charge >= 0.3 is 0 Å². The molecule has 1 atom stereocenters. The molecule has 1 aromatic carbocycles. The Hall–Kier alpha value is -2.16. The number of pyridine rings is 1. The van der Waals surface area contributed by atoms with Gasteiger partial charge in [-0.2, -0.15) is 0 Å². The van der Waals surface area contributed by atoms with E-state index in [0.717, 1.165) is 16.3 Å². The monoisotopic (exact) mass is 446 g/mol. The van der Waals surface area contributed by atoms with E-state index in [-0.39, 0.29) is 11.2 Å². The first-order valence-corrected chi connectivity index (χ1v) is 11.9. The molecule has 0 spiro atoms. The van der Waals surface area contributed by atoms with Gasteiger partial charge in [0, 0.05) is 17.6 Å². The van der Waals surface area contributed by atoms with Crippen molar-refractivity contribution >= 4 is 54.5 Å². The van der Waals surface area contributed by atoms with Crippen molar-refractivity contribution < 1.29 is 8.78 Å². The average Bonchev–Trinajstić information content (AvgIpc) is 3.41. The molecule has 0 bridgehead atoms. The summed E-state index contributed by atoms with van der Waals surface area (Å²) >= 11 is 2.68. The minimum atomic E-state index is -0.675. The van der Waals surface area contributed by atoms with Gasteiger partial charge in [-0.15, -0.1) is 22.7 Å². The highest BCUT2D eigenvalue weighted by molar-refractivity contribution is 7.17. The van der Waals surface area contributed by atoms with E-state index in [9.17, 15) is 8.78 Å². The number of rotatable bonds is 3. The summed E-state index contributed by atoms with van der Waals surface area (Å²) in [5.41, 5.74) is 2.11. The van der Waals surface area contributed by atoms with Crippen LogP contribution in [0.15, 0.2) is 35.3 Å². The smallest absolute Gasteiger partial charge is 0.176 e. The van der Waals surface area contributed by atoms with Gasteiger partial charge in [0.2, 0.25) is 0 Å². The summed E-state index contributed by atoms with van der Waals surface area (Å²) in [5, 5.41) is 5.55. The van der Waals surface area contributed by atoms with E-state index in [1.54, 1.807) is 12.3 Å². The van der Waals surface area contributed by atoms with Crippen molar-refractivity contribution in [2.45, 2.75) is 39.2 Å². The Labute approximate surface area is 182 Å². The van der Waals surface area contributed by atoms with Crippen LogP contribution in [-0.2, 0) is 0 Å². The minimum absolute atomic E-state index is 0.180. The molecule has 0 radical (unpaired) electrons. The molecule has 8 heteroatoms. The van der Waals surface area contributed by atoms with Gasteiger partial charge in [0.05, 0.1) is 15.9 Å². The molecule has 1 fully saturated rings. The van der Waals surface area contributed by atoms with Gasteiger partial charge in [-0.05, 0) is 56.4 Å². The van der Waals surface area contributed by atoms with Crippen molar-refractivity contribution in [3.05, 3.63) is 46.9 Å². The standard InChI is InChI=1S/C14H7F2N3S2.C8H17N/c15-8-5-10-13(18-6-21-10)11(16)12(8)19-9-1-3-17-14-7(9)2-4-20-14;1-3-9-7-5-4-6-8(9)2/h1-6H,(H,17,19);8H,3-7H2,1-2H3. The third kappa shape index (κ3) is 4.31. The molecule has 4 nitrogen and oxygen atoms in total. The Morgan fingerprint density at radius 2 is 2.07 bits per heavy atom. The number of halogens is 2. The number of aromatic nitrogens is 2. The number of nitrogens with one attached hydrogen (secondary N) is 1. The molecule has 1 aliphatic rings. The van der Waals surface area contributed by atoms with Crippen molar-refractivity contribution in [3.63, 3.8) is 0 Å². The quantitative estimate of drug-likeness (QED) is 0.375. The predicted octanol–water partition coefficient (Wildman–Crippen LogP) is 6.81. The summed E-state index contributed by atoms with van der Waals surface area (Å²) in [4.78, 5) is 11.5. The highest BCUT2D eigenvalue weighted by Crippen LogP contribution is 2.34. The molecule has 0 amide bonds. The van der Waals surface area contributed by atoms with E-state index < -0.39 is 11.6 Å². The van der Waals surface area contributed by atoms with Gasteiger partial charge in [-0.25, -0.2) is 18.7 Å². The Bertz CT molecular complexity index is 1140. The molecular weight excluding hydrogens is 422 g/mol. The SMILES string of the molecule is CCN1CCCCC1C.Fc1cc2scnc2c(F)c1Nc1ccnc2sccc12. The maximum atomic E-state index is 14.4. The third-order valence-electron chi connectivity index (χ3n) is 5.49. The number of fused-ring (bicyclic) bond motifs is 2. The van der Waals surface area contributed by atoms with E-state index in [4.69, 9.17) is 0 Å². The molecular formula is C22H24F2N4S2. The van der Waals surface area contributed by atoms with Crippen molar-refractivity contribution in [1.82, 2.24) is 14.9 Å². The zero-order valence-corrected chi connectivity index (χ0v) is 18.6. The molecule has 1 N–H and O–H groups in total. The number of piperidine rings is 1. The highest BCUT2D eigenvalue weighted by Gasteiger charge is 2.17. The lowest BCUT2D eigenvalue weighted by molar-refractivity contribution is 0.169. The number of hydrogen-bond acceptors (Lipinski definition) is 6. The molecule has 30 heavy (non-hydrogen) atoms. The Balaban J connectivity index is 0.000000204.